The normalized spacial score (nSPS) is 13.4. The summed E-state index contributed by atoms with van der Waals surface area (Å²) < 4.78 is 11.5. The zero-order valence-electron chi connectivity index (χ0n) is 32.9. The molecule has 0 atom stereocenters. The third kappa shape index (κ3) is 6.49. The van der Waals surface area contributed by atoms with E-state index in [9.17, 15) is 0 Å². The van der Waals surface area contributed by atoms with Crippen molar-refractivity contribution in [2.45, 2.75) is 46.1 Å². The van der Waals surface area contributed by atoms with E-state index >= 15 is 0 Å². The first-order chi connectivity index (χ1) is 27.7. The number of anilines is 1. The largest absolute Gasteiger partial charge is 0.509 e. The smallest absolute Gasteiger partial charge is 0.135 e. The number of hydrogen-bond acceptors (Lipinski definition) is 5. The van der Waals surface area contributed by atoms with Crippen LogP contribution in [0.2, 0.25) is 0 Å². The molecular formula is C51H41N4OPtS-3. The first-order valence-electron chi connectivity index (χ1n) is 19.5. The van der Waals surface area contributed by atoms with Gasteiger partial charge in [-0.25, -0.2) is 4.98 Å². The van der Waals surface area contributed by atoms with Crippen molar-refractivity contribution in [3.63, 3.8) is 0 Å². The van der Waals surface area contributed by atoms with Crippen LogP contribution in [0.5, 0.6) is 11.5 Å². The summed E-state index contributed by atoms with van der Waals surface area (Å²) in [6, 6.07) is 56.6. The molecule has 0 spiro atoms. The summed E-state index contributed by atoms with van der Waals surface area (Å²) in [4.78, 5) is 9.58. The van der Waals surface area contributed by atoms with E-state index < -0.39 is 0 Å². The molecule has 0 saturated carbocycles. The van der Waals surface area contributed by atoms with Crippen molar-refractivity contribution in [3.05, 3.63) is 181 Å². The van der Waals surface area contributed by atoms with Crippen LogP contribution in [0, 0.1) is 18.8 Å². The zero-order valence-corrected chi connectivity index (χ0v) is 36.0. The van der Waals surface area contributed by atoms with Crippen LogP contribution in [0.4, 0.5) is 5.69 Å². The van der Waals surface area contributed by atoms with Crippen LogP contribution in [0.3, 0.4) is 0 Å². The monoisotopic (exact) mass is 952 g/mol. The fourth-order valence-electron chi connectivity index (χ4n) is 8.07. The number of aromatic nitrogens is 2. The number of ether oxygens (including phenoxy) is 1. The van der Waals surface area contributed by atoms with Gasteiger partial charge in [-0.05, 0) is 71.6 Å². The molecular weight excluding hydrogens is 912 g/mol. The van der Waals surface area contributed by atoms with Crippen molar-refractivity contribution < 1.29 is 25.8 Å². The first kappa shape index (κ1) is 37.9. The summed E-state index contributed by atoms with van der Waals surface area (Å²) in [5.41, 5.74) is 8.64. The number of pyridine rings is 1. The minimum atomic E-state index is -0.0456. The molecule has 0 amide bonds. The second kappa shape index (κ2) is 14.9. The number of hydrogen-bond donors (Lipinski definition) is 0. The molecule has 0 unspecified atom stereocenters. The molecule has 0 bridgehead atoms. The van der Waals surface area contributed by atoms with Crippen molar-refractivity contribution >= 4 is 70.4 Å². The Bertz CT molecular complexity index is 3000. The Balaban J connectivity index is 0.00000436. The van der Waals surface area contributed by atoms with Gasteiger partial charge in [0.25, 0.3) is 0 Å². The molecule has 6 aromatic carbocycles. The molecule has 1 aliphatic rings. The maximum atomic E-state index is 6.71. The van der Waals surface area contributed by atoms with E-state index in [0.717, 1.165) is 55.8 Å². The fraction of sp³-hybridized carbons (Fsp3) is 0.137. The molecule has 3 aromatic heterocycles. The molecule has 5 nitrogen and oxygen atoms in total. The Morgan fingerprint density at radius 1 is 0.672 bits per heavy atom. The van der Waals surface area contributed by atoms with E-state index in [1.807, 2.05) is 35.7 Å². The summed E-state index contributed by atoms with van der Waals surface area (Å²) in [6.45, 7) is 13.4. The molecule has 1 aliphatic heterocycles. The summed E-state index contributed by atoms with van der Waals surface area (Å²) >= 11 is 1.83. The van der Waals surface area contributed by atoms with Crippen molar-refractivity contribution in [2.75, 3.05) is 4.90 Å². The van der Waals surface area contributed by atoms with Gasteiger partial charge in [0.2, 0.25) is 0 Å². The predicted octanol–water partition coefficient (Wildman–Crippen LogP) is 13.4. The zero-order chi connectivity index (χ0) is 38.8. The number of thiophene rings is 1. The summed E-state index contributed by atoms with van der Waals surface area (Å²) in [6.07, 6.45) is 1.93. The Morgan fingerprint density at radius 2 is 1.36 bits per heavy atom. The number of nitrogens with zero attached hydrogens (tertiary/aromatic N) is 4. The van der Waals surface area contributed by atoms with Gasteiger partial charge in [-0.2, -0.15) is 18.8 Å². The van der Waals surface area contributed by atoms with Gasteiger partial charge in [-0.15, -0.1) is 52.7 Å². The molecule has 4 heterocycles. The molecule has 58 heavy (non-hydrogen) atoms. The SMILES string of the molecule is CC(C)N1[CH-]N(c2[c-]c(Oc3[c-]c4c(cc3)c3ccc5sc6ccccc6c5c3n4-c3cc(C(C)(C)C)ccn3)ccc2)C(c2ccccc2)=C1c1ccccc1.[Pt]. The average Bonchev–Trinajstić information content (AvgIpc) is 3.91. The first-order valence-corrected chi connectivity index (χ1v) is 20.3. The minimum absolute atomic E-state index is 0. The van der Waals surface area contributed by atoms with E-state index in [1.165, 1.54) is 25.7 Å². The maximum Gasteiger partial charge on any atom is 0.135 e. The van der Waals surface area contributed by atoms with Gasteiger partial charge in [0.1, 0.15) is 5.82 Å². The molecule has 9 aromatic rings. The molecule has 10 rings (SSSR count). The van der Waals surface area contributed by atoms with Crippen molar-refractivity contribution in [3.8, 4) is 17.3 Å². The predicted molar refractivity (Wildman–Crippen MR) is 238 cm³/mol. The average molecular weight is 953 g/mol. The van der Waals surface area contributed by atoms with Gasteiger partial charge in [0.05, 0.1) is 5.52 Å². The van der Waals surface area contributed by atoms with E-state index in [2.05, 4.69) is 189 Å². The molecule has 7 heteroatoms. The van der Waals surface area contributed by atoms with Crippen molar-refractivity contribution in [1.82, 2.24) is 14.5 Å². The molecule has 290 valence electrons. The van der Waals surface area contributed by atoms with Gasteiger partial charge in [-0.3, -0.25) is 0 Å². The Hall–Kier alpha value is -5.68. The second-order valence-electron chi connectivity index (χ2n) is 15.9. The Labute approximate surface area is 358 Å². The Morgan fingerprint density at radius 3 is 2.10 bits per heavy atom. The van der Waals surface area contributed by atoms with E-state index in [4.69, 9.17) is 9.72 Å². The summed E-state index contributed by atoms with van der Waals surface area (Å²) in [7, 11) is 0. The van der Waals surface area contributed by atoms with Gasteiger partial charge >= 0.3 is 0 Å². The van der Waals surface area contributed by atoms with Gasteiger partial charge in [0.15, 0.2) is 0 Å². The van der Waals surface area contributed by atoms with E-state index in [1.54, 1.807) is 0 Å². The molecule has 0 N–H and O–H groups in total. The number of rotatable bonds is 7. The van der Waals surface area contributed by atoms with Crippen LogP contribution in [0.25, 0.3) is 59.2 Å². The summed E-state index contributed by atoms with van der Waals surface area (Å²) in [5, 5.41) is 4.74. The molecule has 0 radical (unpaired) electrons. The number of benzene rings is 6. The summed E-state index contributed by atoms with van der Waals surface area (Å²) in [5.74, 6) is 2.08. The van der Waals surface area contributed by atoms with Crippen LogP contribution in [-0.4, -0.2) is 20.5 Å². The second-order valence-corrected chi connectivity index (χ2v) is 17.0. The van der Waals surface area contributed by atoms with Gasteiger partial charge < -0.3 is 19.1 Å². The van der Waals surface area contributed by atoms with Gasteiger partial charge in [-0.1, -0.05) is 111 Å². The van der Waals surface area contributed by atoms with E-state index in [-0.39, 0.29) is 32.5 Å². The molecule has 0 fully saturated rings. The minimum Gasteiger partial charge on any atom is -0.509 e. The van der Waals surface area contributed by atoms with Crippen LogP contribution in [-0.2, 0) is 26.5 Å². The van der Waals surface area contributed by atoms with Gasteiger partial charge in [0, 0.05) is 70.3 Å². The third-order valence-corrected chi connectivity index (χ3v) is 12.0. The number of fused-ring (bicyclic) bond motifs is 7. The third-order valence-electron chi connectivity index (χ3n) is 10.8. The van der Waals surface area contributed by atoms with E-state index in [0.29, 0.717) is 11.5 Å². The van der Waals surface area contributed by atoms with Crippen LogP contribution in [0.15, 0.2) is 146 Å². The van der Waals surface area contributed by atoms with Crippen LogP contribution < -0.4 is 9.64 Å². The van der Waals surface area contributed by atoms with Crippen molar-refractivity contribution in [1.29, 1.82) is 0 Å². The Kier molecular flexibility index (Phi) is 9.74. The molecule has 0 saturated heterocycles. The molecule has 0 aliphatic carbocycles. The van der Waals surface area contributed by atoms with Crippen LogP contribution in [0.1, 0.15) is 51.3 Å². The van der Waals surface area contributed by atoms with Crippen LogP contribution >= 0.6 is 11.3 Å². The standard InChI is InChI=1S/C51H41N4OS.Pt/c1-33(2)53-32-54(49(35-17-10-7-11-18-35)48(53)34-15-8-6-9-16-34)37-19-14-20-38(30-37)56-39-23-24-40-41-25-26-45-47(42-21-12-13-22-44(42)57-45)50(41)55(43(40)31-39)46-29-36(27-28-52-46)51(3,4)5;/h6-29,32-33H,1-5H3;/q-3;. The quantitative estimate of drug-likeness (QED) is 0.149. The fourth-order valence-corrected chi connectivity index (χ4v) is 9.18. The maximum absolute atomic E-state index is 6.71. The van der Waals surface area contributed by atoms with Crippen molar-refractivity contribution in [2.24, 2.45) is 0 Å². The topological polar surface area (TPSA) is 33.5 Å².